The first-order chi connectivity index (χ1) is 11.1. The van der Waals surface area contributed by atoms with Gasteiger partial charge in [0.2, 0.25) is 5.91 Å². The van der Waals surface area contributed by atoms with Gasteiger partial charge in [-0.25, -0.2) is 17.6 Å². The van der Waals surface area contributed by atoms with Crippen LogP contribution in [0.3, 0.4) is 0 Å². The van der Waals surface area contributed by atoms with Crippen LogP contribution < -0.4 is 5.32 Å². The third kappa shape index (κ3) is 3.45. The summed E-state index contributed by atoms with van der Waals surface area (Å²) in [6.07, 6.45) is 0. The lowest BCUT2D eigenvalue weighted by Crippen LogP contribution is -2.26. The van der Waals surface area contributed by atoms with Crippen molar-refractivity contribution in [1.29, 1.82) is 0 Å². The molecule has 1 aromatic carbocycles. The zero-order valence-electron chi connectivity index (χ0n) is 13.1. The van der Waals surface area contributed by atoms with Crippen molar-refractivity contribution in [2.45, 2.75) is 27.3 Å². The van der Waals surface area contributed by atoms with Gasteiger partial charge >= 0.3 is 0 Å². The van der Waals surface area contributed by atoms with E-state index >= 15 is 0 Å². The molecule has 2 aromatic rings. The number of anilines is 1. The van der Waals surface area contributed by atoms with E-state index in [0.29, 0.717) is 0 Å². The van der Waals surface area contributed by atoms with E-state index in [1.54, 1.807) is 18.5 Å². The summed E-state index contributed by atoms with van der Waals surface area (Å²) in [4.78, 5) is 12.1. The molecular weight excluding hydrogens is 394 g/mol. The molecule has 130 valence electrons. The number of benzene rings is 1. The molecule has 4 nitrogen and oxygen atoms in total. The minimum absolute atomic E-state index is 0.0805. The number of nitrogens with zero attached hydrogens (tertiary/aromatic N) is 2. The minimum Gasteiger partial charge on any atom is -0.321 e. The summed E-state index contributed by atoms with van der Waals surface area (Å²) in [5, 5.41) is 6.12. The first-order valence-electron chi connectivity index (χ1n) is 6.96. The summed E-state index contributed by atoms with van der Waals surface area (Å²) in [6.45, 7) is 5.20. The molecule has 1 atom stereocenters. The number of carbonyl (C=O) groups excluding carboxylic acids is 1. The summed E-state index contributed by atoms with van der Waals surface area (Å²) in [5.41, 5.74) is 0.365. The van der Waals surface area contributed by atoms with Gasteiger partial charge in [-0.05, 0) is 29.8 Å². The molecule has 9 heteroatoms. The van der Waals surface area contributed by atoms with Crippen LogP contribution >= 0.6 is 15.9 Å². The van der Waals surface area contributed by atoms with Crippen molar-refractivity contribution in [3.8, 4) is 0 Å². The molecule has 0 aliphatic rings. The molecular formula is C15H14BrF4N3O. The van der Waals surface area contributed by atoms with Crippen molar-refractivity contribution >= 4 is 27.5 Å². The Hall–Kier alpha value is -1.90. The van der Waals surface area contributed by atoms with E-state index in [1.807, 2.05) is 5.32 Å². The number of rotatable bonds is 4. The van der Waals surface area contributed by atoms with Crippen LogP contribution in [0.15, 0.2) is 10.5 Å². The maximum absolute atomic E-state index is 13.6. The fraction of sp³-hybridized carbons (Fsp3) is 0.333. The summed E-state index contributed by atoms with van der Waals surface area (Å²) in [6, 6.07) is 0.0805. The van der Waals surface area contributed by atoms with Crippen molar-refractivity contribution in [3.63, 3.8) is 0 Å². The highest BCUT2D eigenvalue weighted by molar-refractivity contribution is 9.10. The van der Waals surface area contributed by atoms with Crippen LogP contribution in [0.1, 0.15) is 18.3 Å². The van der Waals surface area contributed by atoms with Crippen LogP contribution in [0.25, 0.3) is 0 Å². The second-order valence-corrected chi connectivity index (χ2v) is 6.19. The van der Waals surface area contributed by atoms with Gasteiger partial charge in [-0.3, -0.25) is 9.48 Å². The Balaban J connectivity index is 2.19. The highest BCUT2D eigenvalue weighted by atomic mass is 79.9. The van der Waals surface area contributed by atoms with E-state index in [9.17, 15) is 22.4 Å². The van der Waals surface area contributed by atoms with Crippen LogP contribution in [0.2, 0.25) is 0 Å². The number of halogens is 5. The van der Waals surface area contributed by atoms with Gasteiger partial charge in [-0.2, -0.15) is 5.10 Å². The average Bonchev–Trinajstić information content (AvgIpc) is 2.76. The smallest absolute Gasteiger partial charge is 0.229 e. The number of aryl methyl sites for hydroxylation is 1. The molecule has 0 radical (unpaired) electrons. The van der Waals surface area contributed by atoms with E-state index < -0.39 is 40.8 Å². The molecule has 0 fully saturated rings. The second kappa shape index (κ2) is 6.92. The fourth-order valence-electron chi connectivity index (χ4n) is 2.12. The predicted octanol–water partition coefficient (Wildman–Crippen LogP) is 4.09. The molecule has 1 amide bonds. The lowest BCUT2D eigenvalue weighted by Gasteiger charge is -2.14. The van der Waals surface area contributed by atoms with Gasteiger partial charge in [0.1, 0.15) is 5.69 Å². The predicted molar refractivity (Wildman–Crippen MR) is 83.5 cm³/mol. The standard InChI is InChI=1S/C15H14BrF4N3O/c1-6(5-23-8(3)11(16)7(2)22-23)15(24)21-14-12(19)9(17)4-10(18)13(14)20/h4,6H,5H2,1-3H3,(H,21,24). The van der Waals surface area contributed by atoms with E-state index in [-0.39, 0.29) is 12.6 Å². The van der Waals surface area contributed by atoms with Gasteiger partial charge in [-0.1, -0.05) is 6.92 Å². The first-order valence-corrected chi connectivity index (χ1v) is 7.76. The van der Waals surface area contributed by atoms with Crippen LogP contribution in [0, 0.1) is 43.0 Å². The first kappa shape index (κ1) is 18.4. The molecule has 2 rings (SSSR count). The maximum atomic E-state index is 13.6. The minimum atomic E-state index is -1.65. The van der Waals surface area contributed by atoms with Gasteiger partial charge in [0.05, 0.1) is 22.6 Å². The second-order valence-electron chi connectivity index (χ2n) is 5.40. The molecule has 0 aliphatic carbocycles. The van der Waals surface area contributed by atoms with Gasteiger partial charge in [0.15, 0.2) is 23.3 Å². The Morgan fingerprint density at radius 3 is 2.25 bits per heavy atom. The third-order valence-electron chi connectivity index (χ3n) is 3.55. The number of carbonyl (C=O) groups is 1. The van der Waals surface area contributed by atoms with Crippen LogP contribution in [-0.4, -0.2) is 15.7 Å². The highest BCUT2D eigenvalue weighted by Gasteiger charge is 2.24. The highest BCUT2D eigenvalue weighted by Crippen LogP contribution is 2.25. The number of hydrogen-bond donors (Lipinski definition) is 1. The molecule has 1 unspecified atom stereocenters. The number of nitrogens with one attached hydrogen (secondary N) is 1. The Bertz CT molecular complexity index is 780. The summed E-state index contributed by atoms with van der Waals surface area (Å²) >= 11 is 3.35. The molecule has 0 aliphatic heterocycles. The Morgan fingerprint density at radius 1 is 1.25 bits per heavy atom. The van der Waals surface area contributed by atoms with Crippen molar-refractivity contribution < 1.29 is 22.4 Å². The molecule has 1 aromatic heterocycles. The topological polar surface area (TPSA) is 46.9 Å². The maximum Gasteiger partial charge on any atom is 0.229 e. The lowest BCUT2D eigenvalue weighted by atomic mass is 10.1. The van der Waals surface area contributed by atoms with Crippen molar-refractivity contribution in [3.05, 3.63) is 45.2 Å². The zero-order valence-corrected chi connectivity index (χ0v) is 14.6. The largest absolute Gasteiger partial charge is 0.321 e. The van der Waals surface area contributed by atoms with Crippen LogP contribution in [0.4, 0.5) is 23.2 Å². The Morgan fingerprint density at radius 2 is 1.79 bits per heavy atom. The van der Waals surface area contributed by atoms with Gasteiger partial charge in [0, 0.05) is 11.8 Å². The molecule has 0 saturated heterocycles. The van der Waals surface area contributed by atoms with Crippen molar-refractivity contribution in [2.24, 2.45) is 5.92 Å². The van der Waals surface area contributed by atoms with E-state index in [2.05, 4.69) is 21.0 Å². The van der Waals surface area contributed by atoms with Crippen LogP contribution in [0.5, 0.6) is 0 Å². The summed E-state index contributed by atoms with van der Waals surface area (Å²) in [7, 11) is 0. The normalized spacial score (nSPS) is 12.3. The fourth-order valence-corrected chi connectivity index (χ4v) is 2.41. The van der Waals surface area contributed by atoms with Gasteiger partial charge < -0.3 is 5.32 Å². The summed E-state index contributed by atoms with van der Waals surface area (Å²) in [5.74, 6) is -8.01. The number of hydrogen-bond acceptors (Lipinski definition) is 2. The molecule has 0 saturated carbocycles. The van der Waals surface area contributed by atoms with E-state index in [1.165, 1.54) is 6.92 Å². The van der Waals surface area contributed by atoms with Crippen molar-refractivity contribution in [2.75, 3.05) is 5.32 Å². The quantitative estimate of drug-likeness (QED) is 0.612. The number of aromatic nitrogens is 2. The van der Waals surface area contributed by atoms with Crippen molar-refractivity contribution in [1.82, 2.24) is 9.78 Å². The van der Waals surface area contributed by atoms with E-state index in [4.69, 9.17) is 0 Å². The Labute approximate surface area is 144 Å². The van der Waals surface area contributed by atoms with Crippen LogP contribution in [-0.2, 0) is 11.3 Å². The average molecular weight is 408 g/mol. The zero-order chi connectivity index (χ0) is 18.2. The SMILES string of the molecule is Cc1nn(CC(C)C(=O)Nc2c(F)c(F)cc(F)c2F)c(C)c1Br. The van der Waals surface area contributed by atoms with Gasteiger partial charge in [0.25, 0.3) is 0 Å². The summed E-state index contributed by atoms with van der Waals surface area (Å²) < 4.78 is 55.9. The van der Waals surface area contributed by atoms with Gasteiger partial charge in [-0.15, -0.1) is 0 Å². The van der Waals surface area contributed by atoms with E-state index in [0.717, 1.165) is 15.9 Å². The monoisotopic (exact) mass is 407 g/mol. The molecule has 0 spiro atoms. The number of amides is 1. The molecule has 1 heterocycles. The third-order valence-corrected chi connectivity index (χ3v) is 4.70. The molecule has 24 heavy (non-hydrogen) atoms. The molecule has 1 N–H and O–H groups in total. The lowest BCUT2D eigenvalue weighted by molar-refractivity contribution is -0.119. The Kier molecular flexibility index (Phi) is 5.32. The molecule has 0 bridgehead atoms.